The first-order valence-corrected chi connectivity index (χ1v) is 7.85. The summed E-state index contributed by atoms with van der Waals surface area (Å²) in [5.74, 6) is 0. The Morgan fingerprint density at radius 1 is 0.500 bits per heavy atom. The molecule has 4 nitrogen and oxygen atoms in total. The predicted molar refractivity (Wildman–Crippen MR) is 98.9 cm³/mol. The maximum Gasteiger partial charge on any atom is 0.0659 e. The third-order valence-corrected chi connectivity index (χ3v) is 4.04. The van der Waals surface area contributed by atoms with Crippen LogP contribution >= 0.6 is 0 Å². The van der Waals surface area contributed by atoms with Crippen molar-refractivity contribution < 1.29 is 34.1 Å². The fraction of sp³-hybridized carbons (Fsp3) is 0. The molecule has 5 heterocycles. The molecule has 2 aliphatic heterocycles. The first kappa shape index (κ1) is 18.4. The van der Waals surface area contributed by atoms with Gasteiger partial charge in [-0.2, -0.15) is 0 Å². The first-order valence-electron chi connectivity index (χ1n) is 7.85. The molecule has 8 bridgehead atoms. The van der Waals surface area contributed by atoms with Gasteiger partial charge < -0.3 is 9.97 Å². The van der Waals surface area contributed by atoms with Crippen LogP contribution in [0.2, 0.25) is 0 Å². The van der Waals surface area contributed by atoms with Gasteiger partial charge in [0.2, 0.25) is 0 Å². The summed E-state index contributed by atoms with van der Waals surface area (Å²) in [6, 6.07) is 16.4. The fourth-order valence-electron chi connectivity index (χ4n) is 2.94. The van der Waals surface area contributed by atoms with E-state index in [0.29, 0.717) is 0 Å². The number of nitrogens with one attached hydrogen (secondary N) is 2. The Morgan fingerprint density at radius 2 is 0.846 bits per heavy atom. The van der Waals surface area contributed by atoms with E-state index in [2.05, 4.69) is 50.3 Å². The molecule has 0 saturated heterocycles. The Balaban J connectivity index is 0.000000980. The molecule has 3 aromatic rings. The standard InChI is InChI=1S/C20H14N4.Co.Cr/c1-2-14-10-16-5-6-18(23-16)12-20-8-7-19(24-20)11-17-4-3-15(22-17)9-13(1)21-14;;/h1-12,21-22H;;. The molecule has 2 N–H and O–H groups in total. The topological polar surface area (TPSA) is 57.4 Å². The smallest absolute Gasteiger partial charge is 0.0659 e. The molecule has 1 radical (unpaired) electrons. The van der Waals surface area contributed by atoms with E-state index in [0.717, 1.165) is 44.8 Å². The van der Waals surface area contributed by atoms with Gasteiger partial charge in [0.05, 0.1) is 22.8 Å². The summed E-state index contributed by atoms with van der Waals surface area (Å²) in [6.07, 6.45) is 8.05. The normalized spacial score (nSPS) is 11.7. The quantitative estimate of drug-likeness (QED) is 0.383. The molecule has 0 saturated carbocycles. The van der Waals surface area contributed by atoms with Crippen LogP contribution in [0.3, 0.4) is 0 Å². The summed E-state index contributed by atoms with van der Waals surface area (Å²) < 4.78 is 0. The number of hydrogen-bond donors (Lipinski definition) is 2. The van der Waals surface area contributed by atoms with Gasteiger partial charge in [-0.1, -0.05) is 0 Å². The van der Waals surface area contributed by atoms with Crippen LogP contribution in [0, 0.1) is 0 Å². The zero-order valence-corrected chi connectivity index (χ0v) is 15.9. The molecule has 0 amide bonds. The average Bonchev–Trinajstić information content (AvgIpc) is 3.32. The predicted octanol–water partition coefficient (Wildman–Crippen LogP) is 4.65. The van der Waals surface area contributed by atoms with Gasteiger partial charge in [0.15, 0.2) is 0 Å². The van der Waals surface area contributed by atoms with Crippen LogP contribution < -0.4 is 0 Å². The van der Waals surface area contributed by atoms with Crippen molar-refractivity contribution in [3.05, 3.63) is 71.3 Å². The van der Waals surface area contributed by atoms with Gasteiger partial charge in [-0.15, -0.1) is 0 Å². The van der Waals surface area contributed by atoms with E-state index in [4.69, 9.17) is 0 Å². The zero-order valence-electron chi connectivity index (χ0n) is 13.6. The molecule has 0 aromatic carbocycles. The molecule has 2 aliphatic rings. The number of rotatable bonds is 0. The molecule has 0 unspecified atom stereocenters. The summed E-state index contributed by atoms with van der Waals surface area (Å²) in [5, 5.41) is 0. The van der Waals surface area contributed by atoms with E-state index >= 15 is 0 Å². The number of aromatic nitrogens is 4. The number of nitrogens with zero attached hydrogens (tertiary/aromatic N) is 2. The van der Waals surface area contributed by atoms with Crippen LogP contribution in [0.15, 0.2) is 48.5 Å². The Morgan fingerprint density at radius 3 is 1.27 bits per heavy atom. The largest absolute Gasteiger partial charge is 0.355 e. The molecule has 0 fully saturated rings. The minimum absolute atomic E-state index is 0. The van der Waals surface area contributed by atoms with Gasteiger partial charge in [0, 0.05) is 56.2 Å². The summed E-state index contributed by atoms with van der Waals surface area (Å²) in [7, 11) is 0. The van der Waals surface area contributed by atoms with Crippen molar-refractivity contribution >= 4 is 46.4 Å². The molecule has 3 aromatic heterocycles. The second-order valence-corrected chi connectivity index (χ2v) is 5.91. The number of aromatic amines is 2. The van der Waals surface area contributed by atoms with Crippen molar-refractivity contribution in [2.75, 3.05) is 0 Å². The second-order valence-electron chi connectivity index (χ2n) is 5.91. The van der Waals surface area contributed by atoms with Gasteiger partial charge in [-0.3, -0.25) is 0 Å². The third kappa shape index (κ3) is 3.74. The Kier molecular flexibility index (Phi) is 5.30. The Hall–Kier alpha value is -2.36. The third-order valence-electron chi connectivity index (χ3n) is 4.04. The molecule has 5 rings (SSSR count). The number of hydrogen-bond acceptors (Lipinski definition) is 2. The van der Waals surface area contributed by atoms with Gasteiger partial charge in [-0.05, 0) is 72.8 Å². The fourth-order valence-corrected chi connectivity index (χ4v) is 2.94. The van der Waals surface area contributed by atoms with Gasteiger partial charge in [-0.25, -0.2) is 9.97 Å². The summed E-state index contributed by atoms with van der Waals surface area (Å²) in [6.45, 7) is 0. The number of H-pyrrole nitrogens is 2. The molecule has 26 heavy (non-hydrogen) atoms. The van der Waals surface area contributed by atoms with Crippen LogP contribution in [-0.4, -0.2) is 19.9 Å². The number of fused-ring (bicyclic) bond motifs is 8. The van der Waals surface area contributed by atoms with E-state index in [-0.39, 0.29) is 34.1 Å². The maximum absolute atomic E-state index is 4.62. The van der Waals surface area contributed by atoms with Crippen molar-refractivity contribution in [3.8, 4) is 0 Å². The van der Waals surface area contributed by atoms with E-state index in [1.807, 2.05) is 42.5 Å². The summed E-state index contributed by atoms with van der Waals surface area (Å²) >= 11 is 0. The average molecular weight is 421 g/mol. The van der Waals surface area contributed by atoms with Crippen LogP contribution in [0.5, 0.6) is 0 Å². The van der Waals surface area contributed by atoms with Crippen molar-refractivity contribution in [2.24, 2.45) is 0 Å². The Bertz CT molecular complexity index is 1080. The molecule has 0 spiro atoms. The van der Waals surface area contributed by atoms with Crippen molar-refractivity contribution in [3.63, 3.8) is 0 Å². The van der Waals surface area contributed by atoms with Gasteiger partial charge in [0.1, 0.15) is 0 Å². The van der Waals surface area contributed by atoms with Crippen molar-refractivity contribution in [1.29, 1.82) is 0 Å². The zero-order chi connectivity index (χ0) is 15.9. The van der Waals surface area contributed by atoms with Crippen LogP contribution in [-0.2, 0) is 34.1 Å². The molecule has 0 aliphatic carbocycles. The van der Waals surface area contributed by atoms with E-state index < -0.39 is 0 Å². The van der Waals surface area contributed by atoms with E-state index in [9.17, 15) is 0 Å². The molecular weight excluding hydrogens is 407 g/mol. The van der Waals surface area contributed by atoms with Crippen molar-refractivity contribution in [2.45, 2.75) is 0 Å². The van der Waals surface area contributed by atoms with Gasteiger partial charge >= 0.3 is 0 Å². The SMILES string of the molecule is C1=Cc2cc3ccc(cc4ccc(cc5nc(cc1n2)C=C5)[nH]4)[nH]3.[Co].[Cr]. The second kappa shape index (κ2) is 7.48. The van der Waals surface area contributed by atoms with Crippen LogP contribution in [0.1, 0.15) is 22.8 Å². The first-order chi connectivity index (χ1) is 11.8. The van der Waals surface area contributed by atoms with Crippen molar-refractivity contribution in [1.82, 2.24) is 19.9 Å². The van der Waals surface area contributed by atoms with E-state index in [1.165, 1.54) is 0 Å². The van der Waals surface area contributed by atoms with Crippen LogP contribution in [0.25, 0.3) is 46.4 Å². The Labute approximate surface area is 171 Å². The monoisotopic (exact) mass is 421 g/mol. The molecule has 129 valence electrons. The van der Waals surface area contributed by atoms with Gasteiger partial charge in [0.25, 0.3) is 0 Å². The van der Waals surface area contributed by atoms with Crippen LogP contribution in [0.4, 0.5) is 0 Å². The molecule has 0 atom stereocenters. The molecular formula is C20H14CoCrN4. The van der Waals surface area contributed by atoms with E-state index in [1.54, 1.807) is 0 Å². The summed E-state index contributed by atoms with van der Waals surface area (Å²) in [5.41, 5.74) is 7.86. The summed E-state index contributed by atoms with van der Waals surface area (Å²) in [4.78, 5) is 16.0. The minimum Gasteiger partial charge on any atom is -0.355 e. The molecule has 6 heteroatoms. The minimum atomic E-state index is 0. The maximum atomic E-state index is 4.62.